The van der Waals surface area contributed by atoms with Crippen molar-refractivity contribution in [3.8, 4) is 0 Å². The summed E-state index contributed by atoms with van der Waals surface area (Å²) in [5.41, 5.74) is 1.32. The summed E-state index contributed by atoms with van der Waals surface area (Å²) in [6, 6.07) is 0. The first kappa shape index (κ1) is 11.7. The summed E-state index contributed by atoms with van der Waals surface area (Å²) < 4.78 is 0. The van der Waals surface area contributed by atoms with Crippen LogP contribution >= 0.6 is 0 Å². The number of hydrogen-bond acceptors (Lipinski definition) is 2. The van der Waals surface area contributed by atoms with Gasteiger partial charge in [-0.05, 0) is 25.7 Å². The van der Waals surface area contributed by atoms with Crippen molar-refractivity contribution in [3.63, 3.8) is 0 Å². The zero-order valence-electron chi connectivity index (χ0n) is 8.87. The van der Waals surface area contributed by atoms with Gasteiger partial charge in [-0.15, -0.1) is 0 Å². The second-order valence-electron chi connectivity index (χ2n) is 3.58. The Morgan fingerprint density at radius 2 is 2.33 bits per heavy atom. The molecule has 0 saturated heterocycles. The summed E-state index contributed by atoms with van der Waals surface area (Å²) in [5.74, 6) is -0.0394. The maximum Gasteiger partial charge on any atom is 0.220 e. The van der Waals surface area contributed by atoms with Crippen LogP contribution in [0.15, 0.2) is 23.8 Å². The second-order valence-corrected chi connectivity index (χ2v) is 3.58. The number of amides is 1. The minimum Gasteiger partial charge on any atom is -0.349 e. The molecule has 1 rings (SSSR count). The lowest BCUT2D eigenvalue weighted by Gasteiger charge is -2.06. The van der Waals surface area contributed by atoms with Crippen LogP contribution in [0.1, 0.15) is 32.1 Å². The van der Waals surface area contributed by atoms with E-state index in [1.54, 1.807) is 0 Å². The van der Waals surface area contributed by atoms with Crippen LogP contribution in [-0.4, -0.2) is 18.7 Å². The van der Waals surface area contributed by atoms with Gasteiger partial charge in [-0.3, -0.25) is 4.79 Å². The number of hydrogen-bond donors (Lipinski definition) is 1. The fourth-order valence-corrected chi connectivity index (χ4v) is 1.55. The molecule has 1 aliphatic carbocycles. The molecule has 0 fully saturated rings. The molecule has 15 heavy (non-hydrogen) atoms. The van der Waals surface area contributed by atoms with Gasteiger partial charge in [0.1, 0.15) is 6.29 Å². The lowest BCUT2D eigenvalue weighted by atomic mass is 10.0. The van der Waals surface area contributed by atoms with E-state index in [4.69, 9.17) is 0 Å². The zero-order valence-corrected chi connectivity index (χ0v) is 8.87. The van der Waals surface area contributed by atoms with Gasteiger partial charge in [0.05, 0.1) is 6.54 Å². The minimum absolute atomic E-state index is 0.0394. The number of rotatable bonds is 6. The number of carbonyl (C=O) groups is 2. The summed E-state index contributed by atoms with van der Waals surface area (Å²) >= 11 is 0. The number of allylic oxidation sites excluding steroid dienone is 4. The summed E-state index contributed by atoms with van der Waals surface area (Å²) in [6.45, 7) is 0.126. The third-order valence-electron chi connectivity index (χ3n) is 2.32. The molecule has 1 N–H and O–H groups in total. The van der Waals surface area contributed by atoms with Crippen molar-refractivity contribution in [3.05, 3.63) is 23.8 Å². The predicted molar refractivity (Wildman–Crippen MR) is 59.4 cm³/mol. The quantitative estimate of drug-likeness (QED) is 0.674. The van der Waals surface area contributed by atoms with Crippen molar-refractivity contribution in [2.24, 2.45) is 0 Å². The standard InChI is InChI=1S/C12H17NO2/c14-10-9-13-12(15)8-4-7-11-5-2-1-3-6-11/h2,5-6,10H,1,3-4,7-9H2,(H,13,15). The molecule has 0 aromatic heterocycles. The first-order valence-corrected chi connectivity index (χ1v) is 5.39. The monoisotopic (exact) mass is 207 g/mol. The van der Waals surface area contributed by atoms with Crippen molar-refractivity contribution in [2.45, 2.75) is 32.1 Å². The van der Waals surface area contributed by atoms with Gasteiger partial charge in [0.15, 0.2) is 0 Å². The molecule has 0 aliphatic heterocycles. The topological polar surface area (TPSA) is 46.2 Å². The van der Waals surface area contributed by atoms with Gasteiger partial charge in [-0.2, -0.15) is 0 Å². The average Bonchev–Trinajstić information content (AvgIpc) is 2.28. The van der Waals surface area contributed by atoms with Crippen molar-refractivity contribution in [1.29, 1.82) is 0 Å². The maximum atomic E-state index is 11.1. The van der Waals surface area contributed by atoms with Crippen molar-refractivity contribution < 1.29 is 9.59 Å². The molecule has 82 valence electrons. The highest BCUT2D eigenvalue weighted by Crippen LogP contribution is 2.15. The highest BCUT2D eigenvalue weighted by Gasteiger charge is 2.02. The van der Waals surface area contributed by atoms with E-state index in [9.17, 15) is 9.59 Å². The number of nitrogens with one attached hydrogen (secondary N) is 1. The van der Waals surface area contributed by atoms with Gasteiger partial charge in [-0.25, -0.2) is 0 Å². The van der Waals surface area contributed by atoms with Gasteiger partial charge in [-0.1, -0.05) is 23.8 Å². The molecule has 3 heteroatoms. The highest BCUT2D eigenvalue weighted by atomic mass is 16.2. The number of aldehydes is 1. The molecule has 0 bridgehead atoms. The lowest BCUT2D eigenvalue weighted by Crippen LogP contribution is -2.24. The zero-order chi connectivity index (χ0) is 10.9. The molecule has 0 aromatic rings. The van der Waals surface area contributed by atoms with Crippen LogP contribution in [0.4, 0.5) is 0 Å². The van der Waals surface area contributed by atoms with Crippen LogP contribution in [0, 0.1) is 0 Å². The van der Waals surface area contributed by atoms with E-state index in [-0.39, 0.29) is 12.5 Å². The molecule has 0 heterocycles. The summed E-state index contributed by atoms with van der Waals surface area (Å²) in [6.07, 6.45) is 11.8. The van der Waals surface area contributed by atoms with Crippen LogP contribution in [0.25, 0.3) is 0 Å². The molecule has 0 saturated carbocycles. The summed E-state index contributed by atoms with van der Waals surface area (Å²) in [7, 11) is 0. The Morgan fingerprint density at radius 3 is 3.00 bits per heavy atom. The third-order valence-corrected chi connectivity index (χ3v) is 2.32. The average molecular weight is 207 g/mol. The van der Waals surface area contributed by atoms with Crippen LogP contribution in [-0.2, 0) is 9.59 Å². The predicted octanol–water partition coefficient (Wildman–Crippen LogP) is 1.75. The molecule has 1 amide bonds. The Labute approximate surface area is 90.2 Å². The van der Waals surface area contributed by atoms with Crippen LogP contribution < -0.4 is 5.32 Å². The van der Waals surface area contributed by atoms with Gasteiger partial charge >= 0.3 is 0 Å². The third kappa shape index (κ3) is 5.15. The molecular formula is C12H17NO2. The highest BCUT2D eigenvalue weighted by molar-refractivity contribution is 5.78. The van der Waals surface area contributed by atoms with Gasteiger partial charge in [0.25, 0.3) is 0 Å². The summed E-state index contributed by atoms with van der Waals surface area (Å²) in [4.78, 5) is 21.1. The maximum absolute atomic E-state index is 11.1. The minimum atomic E-state index is -0.0394. The molecule has 3 nitrogen and oxygen atoms in total. The fraction of sp³-hybridized carbons (Fsp3) is 0.500. The van der Waals surface area contributed by atoms with E-state index < -0.39 is 0 Å². The molecule has 1 aliphatic rings. The van der Waals surface area contributed by atoms with Crippen LogP contribution in [0.2, 0.25) is 0 Å². The summed E-state index contributed by atoms with van der Waals surface area (Å²) in [5, 5.41) is 2.53. The lowest BCUT2D eigenvalue weighted by molar-refractivity contribution is -0.122. The Balaban J connectivity index is 2.10. The van der Waals surface area contributed by atoms with E-state index in [2.05, 4.69) is 23.5 Å². The van der Waals surface area contributed by atoms with Gasteiger partial charge < -0.3 is 10.1 Å². The van der Waals surface area contributed by atoms with E-state index in [1.807, 2.05) is 0 Å². The smallest absolute Gasteiger partial charge is 0.220 e. The largest absolute Gasteiger partial charge is 0.349 e. The van der Waals surface area contributed by atoms with Gasteiger partial charge in [0, 0.05) is 6.42 Å². The fourth-order valence-electron chi connectivity index (χ4n) is 1.55. The first-order valence-electron chi connectivity index (χ1n) is 5.39. The van der Waals surface area contributed by atoms with Crippen molar-refractivity contribution >= 4 is 12.2 Å². The van der Waals surface area contributed by atoms with Gasteiger partial charge in [0.2, 0.25) is 5.91 Å². The SMILES string of the molecule is O=CCNC(=O)CCCC1=CCCC=C1. The van der Waals surface area contributed by atoms with E-state index in [1.165, 1.54) is 5.57 Å². The molecule has 0 unspecified atom stereocenters. The second kappa shape index (κ2) is 6.98. The van der Waals surface area contributed by atoms with Crippen LogP contribution in [0.3, 0.4) is 0 Å². The Kier molecular flexibility index (Phi) is 5.44. The van der Waals surface area contributed by atoms with E-state index >= 15 is 0 Å². The molecule has 0 spiro atoms. The molecule has 0 atom stereocenters. The Hall–Kier alpha value is -1.38. The Morgan fingerprint density at radius 1 is 1.47 bits per heavy atom. The normalized spacial score (nSPS) is 14.5. The first-order chi connectivity index (χ1) is 7.33. The van der Waals surface area contributed by atoms with Crippen molar-refractivity contribution in [1.82, 2.24) is 5.32 Å². The number of carbonyl (C=O) groups excluding carboxylic acids is 2. The van der Waals surface area contributed by atoms with E-state index in [0.717, 1.165) is 25.7 Å². The molecule has 0 aromatic carbocycles. The van der Waals surface area contributed by atoms with Crippen LogP contribution in [0.5, 0.6) is 0 Å². The molecular weight excluding hydrogens is 190 g/mol. The Bertz CT molecular complexity index is 279. The molecule has 0 radical (unpaired) electrons. The van der Waals surface area contributed by atoms with Crippen molar-refractivity contribution in [2.75, 3.05) is 6.54 Å². The van der Waals surface area contributed by atoms with E-state index in [0.29, 0.717) is 12.7 Å².